The summed E-state index contributed by atoms with van der Waals surface area (Å²) in [5.74, 6) is -0.221. The average molecular weight is 519 g/mol. The van der Waals surface area contributed by atoms with Crippen LogP contribution in [0.15, 0.2) is 102 Å². The van der Waals surface area contributed by atoms with E-state index in [0.29, 0.717) is 22.8 Å². The molecule has 0 bridgehead atoms. The van der Waals surface area contributed by atoms with Gasteiger partial charge in [0.2, 0.25) is 0 Å². The van der Waals surface area contributed by atoms with E-state index in [1.165, 1.54) is 19.1 Å². The van der Waals surface area contributed by atoms with Crippen molar-refractivity contribution >= 4 is 11.9 Å². The summed E-state index contributed by atoms with van der Waals surface area (Å²) in [6, 6.07) is 12.5. The number of esters is 2. The fourth-order valence-corrected chi connectivity index (χ4v) is 2.98. The van der Waals surface area contributed by atoms with E-state index in [2.05, 4.69) is 13.2 Å². The van der Waals surface area contributed by atoms with Gasteiger partial charge >= 0.3 is 11.9 Å². The molecule has 0 aliphatic carbocycles. The van der Waals surface area contributed by atoms with Gasteiger partial charge in [-0.3, -0.25) is 0 Å². The van der Waals surface area contributed by atoms with Gasteiger partial charge in [0.25, 0.3) is 0 Å². The number of hydrogen-bond acceptors (Lipinski definition) is 7. The van der Waals surface area contributed by atoms with Gasteiger partial charge in [-0.1, -0.05) is 25.3 Å². The third-order valence-electron chi connectivity index (χ3n) is 4.95. The minimum absolute atomic E-state index is 0.198. The number of hydrogen-bond donors (Lipinski definition) is 0. The molecule has 0 radical (unpaired) electrons. The third kappa shape index (κ3) is 7.33. The monoisotopic (exact) mass is 518 g/mol. The van der Waals surface area contributed by atoms with Crippen LogP contribution in [0.2, 0.25) is 0 Å². The van der Waals surface area contributed by atoms with Gasteiger partial charge in [-0.05, 0) is 63.2 Å². The Bertz CT molecular complexity index is 1410. The Kier molecular flexibility index (Phi) is 9.42. The Morgan fingerprint density at radius 3 is 2.34 bits per heavy atom. The molecule has 2 aromatic carbocycles. The maximum absolute atomic E-state index is 14.8. The zero-order valence-corrected chi connectivity index (χ0v) is 21.3. The molecule has 38 heavy (non-hydrogen) atoms. The molecule has 196 valence electrons. The zero-order chi connectivity index (χ0) is 27.7. The Morgan fingerprint density at radius 2 is 1.66 bits per heavy atom. The summed E-state index contributed by atoms with van der Waals surface area (Å²) >= 11 is 0. The van der Waals surface area contributed by atoms with Crippen molar-refractivity contribution in [3.8, 4) is 39.9 Å². The van der Waals surface area contributed by atoms with Crippen LogP contribution in [0.3, 0.4) is 0 Å². The number of ether oxygens (including phenoxy) is 4. The lowest BCUT2D eigenvalue weighted by atomic mass is 10.1. The molecule has 0 atom stereocenters. The van der Waals surface area contributed by atoms with Crippen molar-refractivity contribution in [2.45, 2.75) is 20.8 Å². The van der Waals surface area contributed by atoms with Gasteiger partial charge in [0, 0.05) is 22.8 Å². The van der Waals surface area contributed by atoms with Gasteiger partial charge in [0.1, 0.15) is 42.2 Å². The Labute approximate surface area is 220 Å². The zero-order valence-electron chi connectivity index (χ0n) is 21.3. The minimum Gasteiger partial charge on any atom is -0.486 e. The van der Waals surface area contributed by atoms with E-state index < -0.39 is 17.8 Å². The molecule has 1 heterocycles. The van der Waals surface area contributed by atoms with Crippen molar-refractivity contribution in [2.75, 3.05) is 6.61 Å². The van der Waals surface area contributed by atoms with Gasteiger partial charge in [0.05, 0.1) is 5.56 Å². The van der Waals surface area contributed by atoms with Gasteiger partial charge < -0.3 is 23.4 Å². The first kappa shape index (κ1) is 27.7. The van der Waals surface area contributed by atoms with Crippen LogP contribution in [0, 0.1) is 5.82 Å². The molecule has 3 rings (SSSR count). The van der Waals surface area contributed by atoms with E-state index in [1.54, 1.807) is 43.3 Å². The van der Waals surface area contributed by atoms with Crippen LogP contribution < -0.4 is 14.2 Å². The highest BCUT2D eigenvalue weighted by atomic mass is 19.1. The summed E-state index contributed by atoms with van der Waals surface area (Å²) in [6.45, 7) is 12.3. The molecule has 8 heteroatoms. The van der Waals surface area contributed by atoms with E-state index in [0.717, 1.165) is 12.5 Å². The van der Waals surface area contributed by atoms with Gasteiger partial charge in [0.15, 0.2) is 11.5 Å². The van der Waals surface area contributed by atoms with E-state index >= 15 is 0 Å². The highest BCUT2D eigenvalue weighted by Gasteiger charge is 2.16. The van der Waals surface area contributed by atoms with Crippen molar-refractivity contribution < 1.29 is 37.3 Å². The van der Waals surface area contributed by atoms with E-state index in [1.807, 2.05) is 19.1 Å². The fourth-order valence-electron chi connectivity index (χ4n) is 2.98. The number of halogens is 1. The fraction of sp³-hybridized carbons (Fsp3) is 0.133. The first-order valence-corrected chi connectivity index (χ1v) is 11.5. The van der Waals surface area contributed by atoms with E-state index in [-0.39, 0.29) is 34.8 Å². The van der Waals surface area contributed by atoms with Crippen LogP contribution in [-0.4, -0.2) is 18.5 Å². The van der Waals surface area contributed by atoms with Crippen LogP contribution in [0.4, 0.5) is 4.39 Å². The summed E-state index contributed by atoms with van der Waals surface area (Å²) in [6.07, 6.45) is 5.81. The van der Waals surface area contributed by atoms with E-state index in [9.17, 15) is 14.0 Å². The van der Waals surface area contributed by atoms with Gasteiger partial charge in [-0.15, -0.1) is 0 Å². The molecule has 1 aromatic heterocycles. The molecule has 0 N–H and O–H groups in total. The molecule has 0 amide bonds. The number of allylic oxidation sites excluding steroid dienone is 1. The van der Waals surface area contributed by atoms with Crippen molar-refractivity contribution in [1.82, 2.24) is 0 Å². The van der Waals surface area contributed by atoms with Crippen LogP contribution >= 0.6 is 0 Å². The molecular weight excluding hydrogens is 491 g/mol. The highest BCUT2D eigenvalue weighted by molar-refractivity contribution is 5.89. The standard InChI is InChI=1S/C30H27FO7/c1-6-7-14-35-28-17-21(8-11-27(28)38-30(33)20(4)5)25-12-13-26(37-25)23-10-9-22(18-24(23)31)34-15-16-36-29(32)19(2)3/h6-13,15-18H,2,4,14H2,1,3,5H3. The number of furan rings is 1. The second-order valence-corrected chi connectivity index (χ2v) is 8.09. The average Bonchev–Trinajstić information content (AvgIpc) is 3.37. The van der Waals surface area contributed by atoms with Crippen LogP contribution in [0.1, 0.15) is 20.8 Å². The maximum atomic E-state index is 14.8. The van der Waals surface area contributed by atoms with Crippen molar-refractivity contribution in [1.29, 1.82) is 0 Å². The van der Waals surface area contributed by atoms with Crippen LogP contribution in [0.5, 0.6) is 17.2 Å². The normalized spacial score (nSPS) is 10.9. The molecule has 0 saturated heterocycles. The topological polar surface area (TPSA) is 84.2 Å². The summed E-state index contributed by atoms with van der Waals surface area (Å²) in [7, 11) is 0. The van der Waals surface area contributed by atoms with Gasteiger partial charge in [-0.2, -0.15) is 0 Å². The molecule has 7 nitrogen and oxygen atoms in total. The predicted molar refractivity (Wildman–Crippen MR) is 141 cm³/mol. The summed E-state index contributed by atoms with van der Waals surface area (Å²) < 4.78 is 41.9. The number of benzene rings is 2. The molecule has 0 aliphatic heterocycles. The minimum atomic E-state index is -0.598. The quantitative estimate of drug-likeness (QED) is 0.0875. The maximum Gasteiger partial charge on any atom is 0.338 e. The van der Waals surface area contributed by atoms with Gasteiger partial charge in [-0.25, -0.2) is 14.0 Å². The lowest BCUT2D eigenvalue weighted by Crippen LogP contribution is -2.09. The SMILES string of the molecule is C=C(C)C(=O)OC=COc1ccc(-c2ccc(-c3ccc(OC(=O)C(=C)C)c(OCC=CC)c3)o2)c(F)c1. The molecule has 3 aromatic rings. The lowest BCUT2D eigenvalue weighted by molar-refractivity contribution is -0.133. The number of carbonyl (C=O) groups excluding carboxylic acids is 2. The Balaban J connectivity index is 1.79. The third-order valence-corrected chi connectivity index (χ3v) is 4.95. The summed E-state index contributed by atoms with van der Waals surface area (Å²) in [5.41, 5.74) is 1.35. The Morgan fingerprint density at radius 1 is 0.921 bits per heavy atom. The van der Waals surface area contributed by atoms with Crippen molar-refractivity contribution in [2.24, 2.45) is 0 Å². The highest BCUT2D eigenvalue weighted by Crippen LogP contribution is 2.36. The first-order chi connectivity index (χ1) is 18.2. The smallest absolute Gasteiger partial charge is 0.338 e. The number of rotatable bonds is 11. The van der Waals surface area contributed by atoms with Crippen LogP contribution in [0.25, 0.3) is 22.6 Å². The first-order valence-electron chi connectivity index (χ1n) is 11.5. The second kappa shape index (κ2) is 12.9. The Hall–Kier alpha value is -4.85. The molecule has 0 aliphatic rings. The largest absolute Gasteiger partial charge is 0.486 e. The van der Waals surface area contributed by atoms with Crippen LogP contribution in [-0.2, 0) is 14.3 Å². The van der Waals surface area contributed by atoms with Crippen molar-refractivity contribution in [3.05, 3.63) is 103 Å². The summed E-state index contributed by atoms with van der Waals surface area (Å²) in [4.78, 5) is 23.4. The predicted octanol–water partition coefficient (Wildman–Crippen LogP) is 7.16. The number of carbonyl (C=O) groups is 2. The molecule has 0 unspecified atom stereocenters. The van der Waals surface area contributed by atoms with Crippen molar-refractivity contribution in [3.63, 3.8) is 0 Å². The lowest BCUT2D eigenvalue weighted by Gasteiger charge is -2.12. The van der Waals surface area contributed by atoms with E-state index in [4.69, 9.17) is 23.4 Å². The second-order valence-electron chi connectivity index (χ2n) is 8.09. The molecule has 0 spiro atoms. The molecule has 0 fully saturated rings. The summed E-state index contributed by atoms with van der Waals surface area (Å²) in [5, 5.41) is 0. The molecular formula is C30H27FO7. The molecule has 0 saturated carbocycles.